The summed E-state index contributed by atoms with van der Waals surface area (Å²) in [4.78, 5) is 2.56. The van der Waals surface area contributed by atoms with E-state index in [1.165, 1.54) is 45.4 Å². The average molecular weight is 225 g/mol. The molecule has 0 aromatic heterocycles. The smallest absolute Gasteiger partial charge is 0.0108 e. The Balaban J connectivity index is 1.58. The van der Waals surface area contributed by atoms with Crippen LogP contribution in [0.4, 0.5) is 0 Å². The number of nitrogens with one attached hydrogen (secondary N) is 2. The lowest BCUT2D eigenvalue weighted by atomic mass is 9.92. The molecule has 3 heteroatoms. The molecule has 1 aliphatic heterocycles. The predicted octanol–water partition coefficient (Wildman–Crippen LogP) is 1.06. The molecule has 0 radical (unpaired) electrons. The SMILES string of the molecule is CC1(C)CCC(NCCN2CCNCC2)C1. The maximum atomic E-state index is 3.72. The summed E-state index contributed by atoms with van der Waals surface area (Å²) < 4.78 is 0. The lowest BCUT2D eigenvalue weighted by molar-refractivity contribution is 0.237. The molecule has 0 spiro atoms. The number of nitrogens with zero attached hydrogens (tertiary/aromatic N) is 1. The van der Waals surface area contributed by atoms with Crippen molar-refractivity contribution in [2.24, 2.45) is 5.41 Å². The molecular formula is C13H27N3. The Morgan fingerprint density at radius 1 is 1.31 bits per heavy atom. The van der Waals surface area contributed by atoms with Crippen LogP contribution in [0.15, 0.2) is 0 Å². The highest BCUT2D eigenvalue weighted by molar-refractivity contribution is 4.86. The van der Waals surface area contributed by atoms with Crippen LogP contribution in [0.25, 0.3) is 0 Å². The minimum atomic E-state index is 0.576. The van der Waals surface area contributed by atoms with Crippen LogP contribution >= 0.6 is 0 Å². The second-order valence-corrected chi connectivity index (χ2v) is 6.15. The second kappa shape index (κ2) is 5.48. The van der Waals surface area contributed by atoms with Crippen molar-refractivity contribution < 1.29 is 0 Å². The Kier molecular flexibility index (Phi) is 4.22. The van der Waals surface area contributed by atoms with Gasteiger partial charge in [0, 0.05) is 45.3 Å². The first-order valence-corrected chi connectivity index (χ1v) is 6.82. The standard InChI is InChI=1S/C13H27N3/c1-13(2)4-3-12(11-13)15-7-10-16-8-5-14-6-9-16/h12,14-15H,3-11H2,1-2H3. The highest BCUT2D eigenvalue weighted by Gasteiger charge is 2.30. The van der Waals surface area contributed by atoms with Crippen LogP contribution in [-0.2, 0) is 0 Å². The van der Waals surface area contributed by atoms with Gasteiger partial charge in [-0.15, -0.1) is 0 Å². The minimum absolute atomic E-state index is 0.576. The van der Waals surface area contributed by atoms with Gasteiger partial charge in [-0.2, -0.15) is 0 Å². The van der Waals surface area contributed by atoms with Gasteiger partial charge in [0.15, 0.2) is 0 Å². The molecule has 1 aliphatic carbocycles. The van der Waals surface area contributed by atoms with Gasteiger partial charge in [-0.1, -0.05) is 13.8 Å². The predicted molar refractivity (Wildman–Crippen MR) is 68.7 cm³/mol. The van der Waals surface area contributed by atoms with Crippen molar-refractivity contribution in [2.45, 2.75) is 39.2 Å². The maximum Gasteiger partial charge on any atom is 0.0108 e. The summed E-state index contributed by atoms with van der Waals surface area (Å²) in [7, 11) is 0. The summed E-state index contributed by atoms with van der Waals surface area (Å²) in [6, 6.07) is 0.776. The highest BCUT2D eigenvalue weighted by atomic mass is 15.2. The molecule has 2 rings (SSSR count). The zero-order valence-electron chi connectivity index (χ0n) is 10.9. The molecule has 1 saturated heterocycles. The molecule has 16 heavy (non-hydrogen) atoms. The lowest BCUT2D eigenvalue weighted by Crippen LogP contribution is -2.46. The van der Waals surface area contributed by atoms with Gasteiger partial charge in [-0.3, -0.25) is 4.90 Å². The zero-order chi connectivity index (χ0) is 11.4. The summed E-state index contributed by atoms with van der Waals surface area (Å²) >= 11 is 0. The van der Waals surface area contributed by atoms with Crippen molar-refractivity contribution in [1.29, 1.82) is 0 Å². The van der Waals surface area contributed by atoms with Crippen LogP contribution in [0.5, 0.6) is 0 Å². The zero-order valence-corrected chi connectivity index (χ0v) is 10.9. The largest absolute Gasteiger partial charge is 0.314 e. The van der Waals surface area contributed by atoms with Crippen molar-refractivity contribution in [3.8, 4) is 0 Å². The van der Waals surface area contributed by atoms with E-state index in [1.54, 1.807) is 0 Å². The molecule has 1 atom stereocenters. The van der Waals surface area contributed by atoms with Gasteiger partial charge >= 0.3 is 0 Å². The Morgan fingerprint density at radius 2 is 2.06 bits per heavy atom. The minimum Gasteiger partial charge on any atom is -0.314 e. The molecule has 0 aromatic carbocycles. The highest BCUT2D eigenvalue weighted by Crippen LogP contribution is 2.36. The Hall–Kier alpha value is -0.120. The third-order valence-electron chi connectivity index (χ3n) is 4.04. The van der Waals surface area contributed by atoms with Crippen LogP contribution in [0, 0.1) is 5.41 Å². The quantitative estimate of drug-likeness (QED) is 0.749. The van der Waals surface area contributed by atoms with Crippen LogP contribution in [-0.4, -0.2) is 50.2 Å². The molecule has 0 aromatic rings. The average Bonchev–Trinajstić information content (AvgIpc) is 2.60. The van der Waals surface area contributed by atoms with Crippen LogP contribution < -0.4 is 10.6 Å². The molecule has 1 unspecified atom stereocenters. The van der Waals surface area contributed by atoms with E-state index < -0.39 is 0 Å². The number of piperazine rings is 1. The van der Waals surface area contributed by atoms with Gasteiger partial charge in [-0.05, 0) is 24.7 Å². The molecule has 2 aliphatic rings. The van der Waals surface area contributed by atoms with Gasteiger partial charge < -0.3 is 10.6 Å². The Bertz CT molecular complexity index is 209. The van der Waals surface area contributed by atoms with E-state index >= 15 is 0 Å². The molecule has 3 nitrogen and oxygen atoms in total. The van der Waals surface area contributed by atoms with Crippen molar-refractivity contribution in [2.75, 3.05) is 39.3 Å². The van der Waals surface area contributed by atoms with E-state index in [-0.39, 0.29) is 0 Å². The first-order valence-electron chi connectivity index (χ1n) is 6.82. The van der Waals surface area contributed by atoms with Crippen LogP contribution in [0.3, 0.4) is 0 Å². The van der Waals surface area contributed by atoms with Gasteiger partial charge in [0.05, 0.1) is 0 Å². The van der Waals surface area contributed by atoms with E-state index in [4.69, 9.17) is 0 Å². The van der Waals surface area contributed by atoms with Crippen molar-refractivity contribution >= 4 is 0 Å². The van der Waals surface area contributed by atoms with Gasteiger partial charge in [0.1, 0.15) is 0 Å². The fourth-order valence-electron chi connectivity index (χ4n) is 2.97. The molecule has 2 fully saturated rings. The number of hydrogen-bond donors (Lipinski definition) is 2. The Morgan fingerprint density at radius 3 is 2.69 bits per heavy atom. The maximum absolute atomic E-state index is 3.72. The number of rotatable bonds is 4. The normalized spacial score (nSPS) is 30.8. The van der Waals surface area contributed by atoms with Gasteiger partial charge in [0.2, 0.25) is 0 Å². The summed E-state index contributed by atoms with van der Waals surface area (Å²) in [5.74, 6) is 0. The first-order chi connectivity index (χ1) is 7.66. The number of hydrogen-bond acceptors (Lipinski definition) is 3. The molecular weight excluding hydrogens is 198 g/mol. The molecule has 1 saturated carbocycles. The molecule has 94 valence electrons. The van der Waals surface area contributed by atoms with Crippen LogP contribution in [0.1, 0.15) is 33.1 Å². The summed E-state index contributed by atoms with van der Waals surface area (Å²) in [5.41, 5.74) is 0.576. The third kappa shape index (κ3) is 3.72. The van der Waals surface area contributed by atoms with Gasteiger partial charge in [0.25, 0.3) is 0 Å². The topological polar surface area (TPSA) is 27.3 Å². The fraction of sp³-hybridized carbons (Fsp3) is 1.00. The van der Waals surface area contributed by atoms with E-state index in [2.05, 4.69) is 29.4 Å². The van der Waals surface area contributed by atoms with E-state index in [0.717, 1.165) is 19.1 Å². The molecule has 0 bridgehead atoms. The summed E-state index contributed by atoms with van der Waals surface area (Å²) in [5, 5.41) is 7.12. The lowest BCUT2D eigenvalue weighted by Gasteiger charge is -2.28. The first kappa shape index (κ1) is 12.3. The third-order valence-corrected chi connectivity index (χ3v) is 4.04. The second-order valence-electron chi connectivity index (χ2n) is 6.15. The summed E-state index contributed by atoms with van der Waals surface area (Å²) in [6.07, 6.45) is 4.11. The van der Waals surface area contributed by atoms with Crippen LogP contribution in [0.2, 0.25) is 0 Å². The van der Waals surface area contributed by atoms with E-state index in [1.807, 2.05) is 0 Å². The fourth-order valence-corrected chi connectivity index (χ4v) is 2.97. The molecule has 2 N–H and O–H groups in total. The van der Waals surface area contributed by atoms with E-state index in [0.29, 0.717) is 5.41 Å². The van der Waals surface area contributed by atoms with Crippen molar-refractivity contribution in [3.05, 3.63) is 0 Å². The molecule has 1 heterocycles. The monoisotopic (exact) mass is 225 g/mol. The molecule has 0 amide bonds. The van der Waals surface area contributed by atoms with Gasteiger partial charge in [-0.25, -0.2) is 0 Å². The van der Waals surface area contributed by atoms with Crippen molar-refractivity contribution in [1.82, 2.24) is 15.5 Å². The summed E-state index contributed by atoms with van der Waals surface area (Å²) in [6.45, 7) is 11.9. The Labute approximate surface area is 100.0 Å². The van der Waals surface area contributed by atoms with Crippen molar-refractivity contribution in [3.63, 3.8) is 0 Å². The van der Waals surface area contributed by atoms with E-state index in [9.17, 15) is 0 Å².